The SMILES string of the molecule is COc1ccc(C(c2sccc2-c2c(N)ccc3ccccc23)C(O)C(=O)OC2CCCCC2c2ccccc2)cc1. The topological polar surface area (TPSA) is 81.8 Å². The van der Waals surface area contributed by atoms with Gasteiger partial charge in [-0.05, 0) is 76.4 Å². The third-order valence-corrected chi connectivity index (χ3v) is 9.44. The number of benzene rings is 4. The summed E-state index contributed by atoms with van der Waals surface area (Å²) in [5, 5.41) is 15.9. The molecular formula is C36H35NO4S. The van der Waals surface area contributed by atoms with E-state index in [4.69, 9.17) is 15.2 Å². The maximum Gasteiger partial charge on any atom is 0.336 e. The van der Waals surface area contributed by atoms with Gasteiger partial charge < -0.3 is 20.3 Å². The number of ether oxygens (including phenoxy) is 2. The molecule has 6 heteroatoms. The van der Waals surface area contributed by atoms with Gasteiger partial charge in [0.25, 0.3) is 0 Å². The van der Waals surface area contributed by atoms with Crippen molar-refractivity contribution in [3.8, 4) is 16.9 Å². The Labute approximate surface area is 250 Å². The van der Waals surface area contributed by atoms with Crippen LogP contribution >= 0.6 is 11.3 Å². The van der Waals surface area contributed by atoms with E-state index >= 15 is 0 Å². The zero-order valence-corrected chi connectivity index (χ0v) is 24.4. The first kappa shape index (κ1) is 28.0. The Morgan fingerprint density at radius 1 is 0.905 bits per heavy atom. The summed E-state index contributed by atoms with van der Waals surface area (Å²) in [6, 6.07) is 31.8. The Balaban J connectivity index is 1.39. The number of rotatable bonds is 8. The molecule has 0 amide bonds. The quantitative estimate of drug-likeness (QED) is 0.145. The van der Waals surface area contributed by atoms with Crippen molar-refractivity contribution in [2.45, 2.75) is 49.7 Å². The molecule has 5 nitrogen and oxygen atoms in total. The Kier molecular flexibility index (Phi) is 8.27. The van der Waals surface area contributed by atoms with E-state index in [1.54, 1.807) is 7.11 Å². The molecular weight excluding hydrogens is 542 g/mol. The summed E-state index contributed by atoms with van der Waals surface area (Å²) in [7, 11) is 1.62. The van der Waals surface area contributed by atoms with Gasteiger partial charge in [0, 0.05) is 22.0 Å². The molecule has 3 N–H and O–H groups in total. The number of fused-ring (bicyclic) bond motifs is 1. The summed E-state index contributed by atoms with van der Waals surface area (Å²) in [4.78, 5) is 14.7. The van der Waals surface area contributed by atoms with Crippen molar-refractivity contribution < 1.29 is 19.4 Å². The normalized spacial score (nSPS) is 18.3. The number of carbonyl (C=O) groups is 1. The van der Waals surface area contributed by atoms with E-state index in [-0.39, 0.29) is 12.0 Å². The molecule has 5 aromatic rings. The minimum atomic E-state index is -1.41. The minimum Gasteiger partial charge on any atom is -0.497 e. The smallest absolute Gasteiger partial charge is 0.336 e. The molecule has 1 aliphatic carbocycles. The van der Waals surface area contributed by atoms with Gasteiger partial charge in [0.05, 0.1) is 13.0 Å². The Hall–Kier alpha value is -4.13. The highest BCUT2D eigenvalue weighted by molar-refractivity contribution is 7.10. The summed E-state index contributed by atoms with van der Waals surface area (Å²) in [5.41, 5.74) is 11.0. The number of methoxy groups -OCH3 is 1. The number of aliphatic hydroxyl groups excluding tert-OH is 1. The van der Waals surface area contributed by atoms with Crippen LogP contribution in [0.4, 0.5) is 5.69 Å². The van der Waals surface area contributed by atoms with Gasteiger partial charge in [0.1, 0.15) is 11.9 Å². The molecule has 0 aliphatic heterocycles. The van der Waals surface area contributed by atoms with Crippen LogP contribution in [0.15, 0.2) is 102 Å². The Morgan fingerprint density at radius 2 is 1.64 bits per heavy atom. The molecule has 1 aliphatic rings. The zero-order chi connectivity index (χ0) is 29.1. The monoisotopic (exact) mass is 577 g/mol. The van der Waals surface area contributed by atoms with Gasteiger partial charge in [0.2, 0.25) is 0 Å². The molecule has 1 saturated carbocycles. The number of nitrogen functional groups attached to an aromatic ring is 1. The van der Waals surface area contributed by atoms with E-state index in [1.165, 1.54) is 16.9 Å². The van der Waals surface area contributed by atoms with Gasteiger partial charge in [-0.25, -0.2) is 4.79 Å². The summed E-state index contributed by atoms with van der Waals surface area (Å²) >= 11 is 1.51. The summed E-state index contributed by atoms with van der Waals surface area (Å²) in [6.45, 7) is 0. The van der Waals surface area contributed by atoms with E-state index in [1.807, 2.05) is 78.2 Å². The number of esters is 1. The maximum atomic E-state index is 13.8. The number of hydrogen-bond acceptors (Lipinski definition) is 6. The number of anilines is 1. The number of carbonyl (C=O) groups excluding carboxylic acids is 1. The van der Waals surface area contributed by atoms with Crippen LogP contribution < -0.4 is 10.5 Å². The van der Waals surface area contributed by atoms with E-state index in [2.05, 4.69) is 24.3 Å². The van der Waals surface area contributed by atoms with E-state index in [0.29, 0.717) is 11.4 Å². The molecule has 4 atom stereocenters. The van der Waals surface area contributed by atoms with Gasteiger partial charge in [0.15, 0.2) is 6.10 Å². The minimum absolute atomic E-state index is 0.114. The molecule has 4 unspecified atom stereocenters. The molecule has 1 fully saturated rings. The molecule has 0 saturated heterocycles. The first-order valence-electron chi connectivity index (χ1n) is 14.5. The number of aliphatic hydroxyl groups is 1. The van der Waals surface area contributed by atoms with Crippen LogP contribution in [0.5, 0.6) is 5.75 Å². The Morgan fingerprint density at radius 3 is 2.43 bits per heavy atom. The number of thiophene rings is 1. The average molecular weight is 578 g/mol. The molecule has 0 radical (unpaired) electrons. The zero-order valence-electron chi connectivity index (χ0n) is 23.6. The van der Waals surface area contributed by atoms with Gasteiger partial charge in [-0.1, -0.05) is 79.2 Å². The molecule has 0 bridgehead atoms. The summed E-state index contributed by atoms with van der Waals surface area (Å²) in [6.07, 6.45) is 2.13. The predicted molar refractivity (Wildman–Crippen MR) is 170 cm³/mol. The molecule has 6 rings (SSSR count). The second-order valence-electron chi connectivity index (χ2n) is 10.9. The third-order valence-electron chi connectivity index (χ3n) is 8.44. The van der Waals surface area contributed by atoms with Crippen LogP contribution in [0, 0.1) is 0 Å². The Bertz CT molecular complexity index is 1660. The largest absolute Gasteiger partial charge is 0.497 e. The fraction of sp³-hybridized carbons (Fsp3) is 0.250. The summed E-state index contributed by atoms with van der Waals surface area (Å²) < 4.78 is 11.6. The van der Waals surface area contributed by atoms with E-state index < -0.39 is 18.0 Å². The van der Waals surface area contributed by atoms with Gasteiger partial charge in [-0.3, -0.25) is 0 Å². The highest BCUT2D eigenvalue weighted by Crippen LogP contribution is 2.45. The van der Waals surface area contributed by atoms with Crippen molar-refractivity contribution in [1.29, 1.82) is 0 Å². The van der Waals surface area contributed by atoms with Crippen molar-refractivity contribution in [3.63, 3.8) is 0 Å². The predicted octanol–water partition coefficient (Wildman–Crippen LogP) is 7.92. The van der Waals surface area contributed by atoms with Crippen molar-refractivity contribution in [2.75, 3.05) is 12.8 Å². The number of hydrogen-bond donors (Lipinski definition) is 2. The lowest BCUT2D eigenvalue weighted by atomic mass is 9.81. The molecule has 214 valence electrons. The third kappa shape index (κ3) is 5.52. The van der Waals surface area contributed by atoms with Crippen molar-refractivity contribution in [1.82, 2.24) is 0 Å². The summed E-state index contributed by atoms with van der Waals surface area (Å²) in [5.74, 6) is -0.445. The fourth-order valence-corrected chi connectivity index (χ4v) is 7.38. The first-order chi connectivity index (χ1) is 20.5. The van der Waals surface area contributed by atoms with Crippen molar-refractivity contribution >= 4 is 33.8 Å². The highest BCUT2D eigenvalue weighted by Gasteiger charge is 2.37. The van der Waals surface area contributed by atoms with Gasteiger partial charge in [-0.2, -0.15) is 0 Å². The lowest BCUT2D eigenvalue weighted by Crippen LogP contribution is -2.36. The maximum absolute atomic E-state index is 13.8. The average Bonchev–Trinajstić information content (AvgIpc) is 3.50. The molecule has 0 spiro atoms. The van der Waals surface area contributed by atoms with E-state index in [0.717, 1.165) is 58.0 Å². The van der Waals surface area contributed by atoms with Crippen LogP contribution in [0.2, 0.25) is 0 Å². The molecule has 1 heterocycles. The number of nitrogens with two attached hydrogens (primary N) is 1. The highest BCUT2D eigenvalue weighted by atomic mass is 32.1. The lowest BCUT2D eigenvalue weighted by molar-refractivity contribution is -0.162. The second kappa shape index (κ2) is 12.4. The van der Waals surface area contributed by atoms with Crippen LogP contribution in [-0.2, 0) is 9.53 Å². The molecule has 4 aromatic carbocycles. The van der Waals surface area contributed by atoms with Gasteiger partial charge >= 0.3 is 5.97 Å². The van der Waals surface area contributed by atoms with Crippen molar-refractivity contribution in [2.24, 2.45) is 0 Å². The molecule has 1 aromatic heterocycles. The second-order valence-corrected chi connectivity index (χ2v) is 11.9. The fourth-order valence-electron chi connectivity index (χ4n) is 6.32. The van der Waals surface area contributed by atoms with Gasteiger partial charge in [-0.15, -0.1) is 11.3 Å². The van der Waals surface area contributed by atoms with Crippen LogP contribution in [0.3, 0.4) is 0 Å². The standard InChI is InChI=1S/C36H35NO4S/c1-40-26-18-15-25(16-19-26)32(34(38)36(39)41-31-14-8-7-12-27(31)23-9-3-2-4-10-23)35-29(21-22-42-35)33-28-13-6-5-11-24(28)17-20-30(33)37/h2-6,9-11,13,15-22,27,31-32,34,38H,7-8,12,14,37H2,1H3. The van der Waals surface area contributed by atoms with Crippen LogP contribution in [0.25, 0.3) is 21.9 Å². The molecule has 42 heavy (non-hydrogen) atoms. The lowest BCUT2D eigenvalue weighted by Gasteiger charge is -2.33. The van der Waals surface area contributed by atoms with Crippen molar-refractivity contribution in [3.05, 3.63) is 118 Å². The van der Waals surface area contributed by atoms with Crippen LogP contribution in [0.1, 0.15) is 53.5 Å². The first-order valence-corrected chi connectivity index (χ1v) is 15.4. The van der Waals surface area contributed by atoms with Crippen LogP contribution in [-0.4, -0.2) is 30.4 Å². The van der Waals surface area contributed by atoms with E-state index in [9.17, 15) is 9.90 Å².